The highest BCUT2D eigenvalue weighted by Crippen LogP contribution is 2.26. The number of aliphatic hydroxyl groups is 1. The maximum atomic E-state index is 11.3. The van der Waals surface area contributed by atoms with Crippen LogP contribution in [0.3, 0.4) is 0 Å². The van der Waals surface area contributed by atoms with E-state index < -0.39 is 0 Å². The number of rotatable bonds is 7. The van der Waals surface area contributed by atoms with Crippen LogP contribution in [0, 0.1) is 5.92 Å². The SMILES string of the molecule is CNC(=O)CCC(C=O)c1ccc(N2CCC(CO)CC2)cc1. The molecule has 0 aromatic heterocycles. The lowest BCUT2D eigenvalue weighted by Crippen LogP contribution is -2.34. The third-order valence-corrected chi connectivity index (χ3v) is 4.68. The van der Waals surface area contributed by atoms with Gasteiger partial charge in [0.15, 0.2) is 0 Å². The van der Waals surface area contributed by atoms with Crippen molar-refractivity contribution in [3.63, 3.8) is 0 Å². The van der Waals surface area contributed by atoms with Gasteiger partial charge < -0.3 is 20.1 Å². The van der Waals surface area contributed by atoms with Gasteiger partial charge in [0, 0.05) is 44.8 Å². The topological polar surface area (TPSA) is 69.6 Å². The van der Waals surface area contributed by atoms with E-state index in [0.717, 1.165) is 43.5 Å². The molecule has 1 aliphatic rings. The smallest absolute Gasteiger partial charge is 0.219 e. The molecule has 23 heavy (non-hydrogen) atoms. The standard InChI is InChI=1S/C18H26N2O3/c1-19-18(23)7-4-16(13-22)15-2-5-17(6-3-15)20-10-8-14(12-21)9-11-20/h2-3,5-6,13-14,16,21H,4,7-12H2,1H3,(H,19,23). The summed E-state index contributed by atoms with van der Waals surface area (Å²) in [6.07, 6.45) is 3.84. The van der Waals surface area contributed by atoms with Crippen LogP contribution in [0.15, 0.2) is 24.3 Å². The van der Waals surface area contributed by atoms with Crippen molar-refractivity contribution in [2.75, 3.05) is 31.6 Å². The number of aliphatic hydroxyl groups excluding tert-OH is 1. The Kier molecular flexibility index (Phi) is 6.59. The Morgan fingerprint density at radius 3 is 2.52 bits per heavy atom. The van der Waals surface area contributed by atoms with E-state index in [-0.39, 0.29) is 18.4 Å². The Hall–Kier alpha value is -1.88. The Balaban J connectivity index is 1.95. The van der Waals surface area contributed by atoms with E-state index in [1.165, 1.54) is 0 Å². The Morgan fingerprint density at radius 2 is 2.00 bits per heavy atom. The second kappa shape index (κ2) is 8.67. The highest BCUT2D eigenvalue weighted by Gasteiger charge is 2.19. The minimum atomic E-state index is -0.235. The summed E-state index contributed by atoms with van der Waals surface area (Å²) in [6, 6.07) is 8.06. The Labute approximate surface area is 137 Å². The van der Waals surface area contributed by atoms with Gasteiger partial charge in [-0.3, -0.25) is 4.79 Å². The van der Waals surface area contributed by atoms with Crippen molar-refractivity contribution < 1.29 is 14.7 Å². The Morgan fingerprint density at radius 1 is 1.35 bits per heavy atom. The van der Waals surface area contributed by atoms with Gasteiger partial charge in [0.25, 0.3) is 0 Å². The number of anilines is 1. The summed E-state index contributed by atoms with van der Waals surface area (Å²) < 4.78 is 0. The summed E-state index contributed by atoms with van der Waals surface area (Å²) in [5.41, 5.74) is 2.11. The van der Waals surface area contributed by atoms with Gasteiger partial charge in [0.05, 0.1) is 0 Å². The molecule has 1 atom stereocenters. The molecule has 0 saturated carbocycles. The van der Waals surface area contributed by atoms with E-state index in [1.807, 2.05) is 24.3 Å². The normalized spacial score (nSPS) is 16.9. The fourth-order valence-electron chi connectivity index (χ4n) is 3.03. The van der Waals surface area contributed by atoms with E-state index in [9.17, 15) is 14.7 Å². The maximum absolute atomic E-state index is 11.3. The lowest BCUT2D eigenvalue weighted by atomic mass is 9.94. The van der Waals surface area contributed by atoms with Crippen LogP contribution in [0.25, 0.3) is 0 Å². The molecule has 0 bridgehead atoms. The first-order chi connectivity index (χ1) is 11.2. The summed E-state index contributed by atoms with van der Waals surface area (Å²) in [4.78, 5) is 24.9. The second-order valence-electron chi connectivity index (χ2n) is 6.16. The molecule has 2 N–H and O–H groups in total. The highest BCUT2D eigenvalue weighted by molar-refractivity contribution is 5.76. The molecule has 1 amide bonds. The summed E-state index contributed by atoms with van der Waals surface area (Å²) in [6.45, 7) is 2.19. The quantitative estimate of drug-likeness (QED) is 0.751. The van der Waals surface area contributed by atoms with Gasteiger partial charge in [0.2, 0.25) is 5.91 Å². The molecular weight excluding hydrogens is 292 g/mol. The van der Waals surface area contributed by atoms with Gasteiger partial charge in [-0.05, 0) is 42.9 Å². The van der Waals surface area contributed by atoms with Crippen LogP contribution in [-0.2, 0) is 9.59 Å². The van der Waals surface area contributed by atoms with Gasteiger partial charge in [-0.1, -0.05) is 12.1 Å². The van der Waals surface area contributed by atoms with Crippen molar-refractivity contribution in [1.29, 1.82) is 0 Å². The van der Waals surface area contributed by atoms with Crippen LogP contribution >= 0.6 is 0 Å². The van der Waals surface area contributed by atoms with E-state index >= 15 is 0 Å². The summed E-state index contributed by atoms with van der Waals surface area (Å²) in [7, 11) is 1.60. The minimum Gasteiger partial charge on any atom is -0.396 e. The fourth-order valence-corrected chi connectivity index (χ4v) is 3.03. The van der Waals surface area contributed by atoms with Crippen LogP contribution < -0.4 is 10.2 Å². The summed E-state index contributed by atoms with van der Waals surface area (Å²) >= 11 is 0. The average molecular weight is 318 g/mol. The molecular formula is C18H26N2O3. The number of nitrogens with one attached hydrogen (secondary N) is 1. The summed E-state index contributed by atoms with van der Waals surface area (Å²) in [5, 5.41) is 11.8. The van der Waals surface area contributed by atoms with Gasteiger partial charge in [-0.2, -0.15) is 0 Å². The van der Waals surface area contributed by atoms with Crippen molar-refractivity contribution in [2.45, 2.75) is 31.6 Å². The molecule has 1 heterocycles. The molecule has 0 spiro atoms. The number of carbonyl (C=O) groups is 2. The largest absolute Gasteiger partial charge is 0.396 e. The predicted octanol–water partition coefficient (Wildman–Crippen LogP) is 1.70. The molecule has 1 saturated heterocycles. The summed E-state index contributed by atoms with van der Waals surface area (Å²) in [5.74, 6) is 0.149. The van der Waals surface area contributed by atoms with Crippen LogP contribution in [0.4, 0.5) is 5.69 Å². The van der Waals surface area contributed by atoms with Gasteiger partial charge in [0.1, 0.15) is 6.29 Å². The first kappa shape index (κ1) is 17.5. The van der Waals surface area contributed by atoms with Crippen LogP contribution in [-0.4, -0.2) is 44.0 Å². The molecule has 1 aromatic rings. The monoisotopic (exact) mass is 318 g/mol. The van der Waals surface area contributed by atoms with Crippen molar-refractivity contribution >= 4 is 17.9 Å². The molecule has 126 valence electrons. The van der Waals surface area contributed by atoms with Crippen molar-refractivity contribution in [1.82, 2.24) is 5.32 Å². The fraction of sp³-hybridized carbons (Fsp3) is 0.556. The first-order valence-corrected chi connectivity index (χ1v) is 8.29. The third kappa shape index (κ3) is 4.79. The van der Waals surface area contributed by atoms with E-state index in [0.29, 0.717) is 18.8 Å². The van der Waals surface area contributed by atoms with Crippen LogP contribution in [0.2, 0.25) is 0 Å². The maximum Gasteiger partial charge on any atom is 0.219 e. The molecule has 2 rings (SSSR count). The number of hydrogen-bond acceptors (Lipinski definition) is 4. The second-order valence-corrected chi connectivity index (χ2v) is 6.16. The van der Waals surface area contributed by atoms with E-state index in [2.05, 4.69) is 10.2 Å². The number of aldehydes is 1. The number of nitrogens with zero attached hydrogens (tertiary/aromatic N) is 1. The molecule has 0 radical (unpaired) electrons. The number of carbonyl (C=O) groups excluding carboxylic acids is 2. The number of piperidine rings is 1. The van der Waals surface area contributed by atoms with Gasteiger partial charge >= 0.3 is 0 Å². The number of benzene rings is 1. The highest BCUT2D eigenvalue weighted by atomic mass is 16.3. The third-order valence-electron chi connectivity index (χ3n) is 4.68. The number of hydrogen-bond donors (Lipinski definition) is 2. The lowest BCUT2D eigenvalue weighted by molar-refractivity contribution is -0.120. The molecule has 1 unspecified atom stereocenters. The minimum absolute atomic E-state index is 0.0415. The molecule has 5 heteroatoms. The molecule has 1 fully saturated rings. The van der Waals surface area contributed by atoms with Crippen molar-refractivity contribution in [3.8, 4) is 0 Å². The zero-order chi connectivity index (χ0) is 16.7. The molecule has 1 aromatic carbocycles. The van der Waals surface area contributed by atoms with Crippen LogP contribution in [0.5, 0.6) is 0 Å². The molecule has 5 nitrogen and oxygen atoms in total. The first-order valence-electron chi connectivity index (χ1n) is 8.29. The lowest BCUT2D eigenvalue weighted by Gasteiger charge is -2.33. The molecule has 1 aliphatic heterocycles. The van der Waals surface area contributed by atoms with Gasteiger partial charge in [-0.15, -0.1) is 0 Å². The van der Waals surface area contributed by atoms with E-state index in [1.54, 1.807) is 7.05 Å². The van der Waals surface area contributed by atoms with Crippen molar-refractivity contribution in [2.24, 2.45) is 5.92 Å². The van der Waals surface area contributed by atoms with E-state index in [4.69, 9.17) is 0 Å². The number of amides is 1. The van der Waals surface area contributed by atoms with Gasteiger partial charge in [-0.25, -0.2) is 0 Å². The zero-order valence-corrected chi connectivity index (χ0v) is 13.7. The Bertz CT molecular complexity index is 508. The van der Waals surface area contributed by atoms with Crippen molar-refractivity contribution in [3.05, 3.63) is 29.8 Å². The molecule has 0 aliphatic carbocycles. The van der Waals surface area contributed by atoms with Crippen LogP contribution in [0.1, 0.15) is 37.2 Å². The zero-order valence-electron chi connectivity index (χ0n) is 13.7. The predicted molar refractivity (Wildman–Crippen MR) is 90.6 cm³/mol. The average Bonchev–Trinajstić information content (AvgIpc) is 2.62.